The number of nitrogens with one attached hydrogen (secondary N) is 1. The largest absolute Gasteiger partial charge is 0.467 e. The van der Waals surface area contributed by atoms with Crippen LogP contribution in [0.4, 0.5) is 0 Å². The van der Waals surface area contributed by atoms with Crippen molar-refractivity contribution in [3.05, 3.63) is 60.2 Å². The van der Waals surface area contributed by atoms with Crippen molar-refractivity contribution in [1.29, 1.82) is 0 Å². The molecule has 0 radical (unpaired) electrons. The molecule has 1 atom stereocenters. The highest BCUT2D eigenvalue weighted by Crippen LogP contribution is 2.16. The molecule has 0 spiro atoms. The number of rotatable bonds is 7. The second-order valence-corrected chi connectivity index (χ2v) is 5.66. The first-order valence-corrected chi connectivity index (χ1v) is 8.13. The number of methoxy groups -OCH3 is 2. The van der Waals surface area contributed by atoms with Crippen molar-refractivity contribution < 1.29 is 23.9 Å². The van der Waals surface area contributed by atoms with E-state index in [9.17, 15) is 14.4 Å². The van der Waals surface area contributed by atoms with Gasteiger partial charge in [0, 0.05) is 6.08 Å². The Labute approximate surface area is 151 Å². The molecule has 136 valence electrons. The maximum absolute atomic E-state index is 12.3. The van der Waals surface area contributed by atoms with E-state index in [1.807, 2.05) is 42.5 Å². The van der Waals surface area contributed by atoms with Gasteiger partial charge in [0.05, 0.1) is 20.6 Å². The first kappa shape index (κ1) is 19.2. The Morgan fingerprint density at radius 2 is 1.77 bits per heavy atom. The van der Waals surface area contributed by atoms with Gasteiger partial charge in [-0.25, -0.2) is 9.59 Å². The van der Waals surface area contributed by atoms with Crippen molar-refractivity contribution in [1.82, 2.24) is 5.32 Å². The summed E-state index contributed by atoms with van der Waals surface area (Å²) >= 11 is 0. The Bertz CT molecular complexity index is 828. The molecule has 0 saturated carbocycles. The molecule has 1 N–H and O–H groups in total. The zero-order valence-electron chi connectivity index (χ0n) is 14.7. The van der Waals surface area contributed by atoms with Crippen LogP contribution in [0.25, 0.3) is 10.8 Å². The highest BCUT2D eigenvalue weighted by Gasteiger charge is 2.20. The van der Waals surface area contributed by atoms with E-state index in [0.717, 1.165) is 16.3 Å². The van der Waals surface area contributed by atoms with Gasteiger partial charge in [-0.3, -0.25) is 4.79 Å². The topological polar surface area (TPSA) is 81.7 Å². The lowest BCUT2D eigenvalue weighted by atomic mass is 10.0. The molecule has 2 aromatic rings. The van der Waals surface area contributed by atoms with Crippen LogP contribution in [0.5, 0.6) is 0 Å². The lowest BCUT2D eigenvalue weighted by Crippen LogP contribution is -2.41. The quantitative estimate of drug-likeness (QED) is 0.608. The Balaban J connectivity index is 2.01. The van der Waals surface area contributed by atoms with Gasteiger partial charge in [-0.15, -0.1) is 0 Å². The predicted molar refractivity (Wildman–Crippen MR) is 97.4 cm³/mol. The summed E-state index contributed by atoms with van der Waals surface area (Å²) in [4.78, 5) is 35.2. The number of benzene rings is 2. The standard InChI is InChI=1S/C20H21NO5/c1-25-19(23)9-5-8-17(20(24)26-2)21-18(22)13-14-10-11-15-6-3-4-7-16(15)12-14/h3-7,9-12,17H,8,13H2,1-2H3,(H,21,22)/b9-5+/t17-/m1/s1. The first-order chi connectivity index (χ1) is 12.5. The maximum Gasteiger partial charge on any atom is 0.330 e. The van der Waals surface area contributed by atoms with Crippen molar-refractivity contribution in [3.8, 4) is 0 Å². The number of hydrogen-bond donors (Lipinski definition) is 1. The van der Waals surface area contributed by atoms with Crippen LogP contribution < -0.4 is 5.32 Å². The summed E-state index contributed by atoms with van der Waals surface area (Å²) in [6, 6.07) is 12.8. The molecule has 0 fully saturated rings. The summed E-state index contributed by atoms with van der Waals surface area (Å²) in [5.74, 6) is -1.41. The Morgan fingerprint density at radius 1 is 1.04 bits per heavy atom. The number of hydrogen-bond acceptors (Lipinski definition) is 5. The van der Waals surface area contributed by atoms with Gasteiger partial charge >= 0.3 is 11.9 Å². The minimum absolute atomic E-state index is 0.130. The summed E-state index contributed by atoms with van der Waals surface area (Å²) in [6.45, 7) is 0. The average Bonchev–Trinajstić information content (AvgIpc) is 2.66. The van der Waals surface area contributed by atoms with Crippen LogP contribution in [0, 0.1) is 0 Å². The smallest absolute Gasteiger partial charge is 0.330 e. The molecular weight excluding hydrogens is 334 g/mol. The van der Waals surface area contributed by atoms with Crippen LogP contribution in [0.1, 0.15) is 12.0 Å². The third-order valence-corrected chi connectivity index (χ3v) is 3.83. The monoisotopic (exact) mass is 355 g/mol. The second kappa shape index (κ2) is 9.36. The average molecular weight is 355 g/mol. The van der Waals surface area contributed by atoms with Crippen molar-refractivity contribution in [2.45, 2.75) is 18.9 Å². The fraction of sp³-hybridized carbons (Fsp3) is 0.250. The normalized spacial score (nSPS) is 11.9. The van der Waals surface area contributed by atoms with Gasteiger partial charge in [0.1, 0.15) is 6.04 Å². The number of carbonyl (C=O) groups excluding carboxylic acids is 3. The molecule has 0 aliphatic heterocycles. The van der Waals surface area contributed by atoms with Crippen molar-refractivity contribution >= 4 is 28.6 Å². The van der Waals surface area contributed by atoms with E-state index in [4.69, 9.17) is 4.74 Å². The lowest BCUT2D eigenvalue weighted by Gasteiger charge is -2.15. The molecule has 0 heterocycles. The number of fused-ring (bicyclic) bond motifs is 1. The number of carbonyl (C=O) groups is 3. The van der Waals surface area contributed by atoms with Crippen molar-refractivity contribution in [2.24, 2.45) is 0 Å². The minimum atomic E-state index is -0.867. The number of ether oxygens (including phenoxy) is 2. The van der Waals surface area contributed by atoms with Crippen LogP contribution in [-0.4, -0.2) is 38.1 Å². The van der Waals surface area contributed by atoms with Gasteiger partial charge in [0.25, 0.3) is 0 Å². The third-order valence-electron chi connectivity index (χ3n) is 3.83. The summed E-state index contributed by atoms with van der Waals surface area (Å²) < 4.78 is 9.19. The molecule has 0 unspecified atom stereocenters. The number of esters is 2. The molecular formula is C20H21NO5. The third kappa shape index (κ3) is 5.44. The summed E-state index contributed by atoms with van der Waals surface area (Å²) in [7, 11) is 2.50. The van der Waals surface area contributed by atoms with Crippen LogP contribution in [0.15, 0.2) is 54.6 Å². The number of amides is 1. The zero-order valence-corrected chi connectivity index (χ0v) is 14.7. The molecule has 1 amide bonds. The van der Waals surface area contributed by atoms with Crippen LogP contribution in [-0.2, 0) is 30.3 Å². The molecule has 0 aliphatic rings. The lowest BCUT2D eigenvalue weighted by molar-refractivity contribution is -0.145. The summed E-state index contributed by atoms with van der Waals surface area (Å²) in [5.41, 5.74) is 0.843. The van der Waals surface area contributed by atoms with E-state index < -0.39 is 18.0 Å². The molecule has 2 aromatic carbocycles. The van der Waals surface area contributed by atoms with Crippen LogP contribution >= 0.6 is 0 Å². The Morgan fingerprint density at radius 3 is 2.46 bits per heavy atom. The van der Waals surface area contributed by atoms with E-state index in [0.29, 0.717) is 0 Å². The Kier molecular flexibility index (Phi) is 6.91. The molecule has 2 rings (SSSR count). The fourth-order valence-corrected chi connectivity index (χ4v) is 2.50. The van der Waals surface area contributed by atoms with Gasteiger partial charge in [-0.2, -0.15) is 0 Å². The van der Waals surface area contributed by atoms with Gasteiger partial charge in [0.15, 0.2) is 0 Å². The Hall–Kier alpha value is -3.15. The van der Waals surface area contributed by atoms with Crippen LogP contribution in [0.2, 0.25) is 0 Å². The predicted octanol–water partition coefficient (Wildman–Crippen LogP) is 2.16. The van der Waals surface area contributed by atoms with Crippen molar-refractivity contribution in [3.63, 3.8) is 0 Å². The second-order valence-electron chi connectivity index (χ2n) is 5.66. The van der Waals surface area contributed by atoms with Crippen molar-refractivity contribution in [2.75, 3.05) is 14.2 Å². The molecule has 0 aliphatic carbocycles. The van der Waals surface area contributed by atoms with E-state index in [1.165, 1.54) is 26.4 Å². The first-order valence-electron chi connectivity index (χ1n) is 8.13. The van der Waals surface area contributed by atoms with E-state index in [1.54, 1.807) is 0 Å². The molecule has 6 heteroatoms. The summed E-state index contributed by atoms with van der Waals surface area (Å²) in [6.07, 6.45) is 2.93. The molecule has 0 aromatic heterocycles. The maximum atomic E-state index is 12.3. The van der Waals surface area contributed by atoms with E-state index >= 15 is 0 Å². The molecule has 0 bridgehead atoms. The molecule has 26 heavy (non-hydrogen) atoms. The van der Waals surface area contributed by atoms with Crippen LogP contribution in [0.3, 0.4) is 0 Å². The van der Waals surface area contributed by atoms with Gasteiger partial charge in [0.2, 0.25) is 5.91 Å². The highest BCUT2D eigenvalue weighted by atomic mass is 16.5. The van der Waals surface area contributed by atoms with Gasteiger partial charge < -0.3 is 14.8 Å². The van der Waals surface area contributed by atoms with E-state index in [2.05, 4.69) is 10.1 Å². The highest BCUT2D eigenvalue weighted by molar-refractivity contribution is 5.88. The van der Waals surface area contributed by atoms with E-state index in [-0.39, 0.29) is 18.7 Å². The molecule has 6 nitrogen and oxygen atoms in total. The zero-order chi connectivity index (χ0) is 18.9. The summed E-state index contributed by atoms with van der Waals surface area (Å²) in [5, 5.41) is 4.78. The van der Waals surface area contributed by atoms with Gasteiger partial charge in [-0.1, -0.05) is 48.5 Å². The fourth-order valence-electron chi connectivity index (χ4n) is 2.50. The molecule has 0 saturated heterocycles. The van der Waals surface area contributed by atoms with Gasteiger partial charge in [-0.05, 0) is 22.8 Å². The minimum Gasteiger partial charge on any atom is -0.467 e. The SMILES string of the molecule is COC(=O)/C=C/C[C@@H](NC(=O)Cc1ccc2ccccc2c1)C(=O)OC.